The van der Waals surface area contributed by atoms with E-state index in [1.807, 2.05) is 17.5 Å². The fourth-order valence-corrected chi connectivity index (χ4v) is 4.03. The molecule has 0 aliphatic heterocycles. The largest absolute Gasteiger partial charge is 0.348 e. The Hall–Kier alpha value is -2.14. The zero-order valence-electron chi connectivity index (χ0n) is 14.8. The summed E-state index contributed by atoms with van der Waals surface area (Å²) in [6.45, 7) is 6.21. The van der Waals surface area contributed by atoms with Crippen LogP contribution < -0.4 is 10.6 Å². The van der Waals surface area contributed by atoms with E-state index < -0.39 is 6.04 Å². The molecule has 0 saturated heterocycles. The van der Waals surface area contributed by atoms with Crippen molar-refractivity contribution in [1.29, 1.82) is 0 Å². The number of rotatable bonds is 4. The maximum absolute atomic E-state index is 12.6. The van der Waals surface area contributed by atoms with Crippen LogP contribution in [0.5, 0.6) is 0 Å². The van der Waals surface area contributed by atoms with Crippen molar-refractivity contribution in [3.63, 3.8) is 0 Å². The number of benzene rings is 1. The number of hydrogen-bond acceptors (Lipinski definition) is 3. The number of fused-ring (bicyclic) bond motifs is 1. The van der Waals surface area contributed by atoms with Gasteiger partial charge in [0.25, 0.3) is 5.91 Å². The second-order valence-corrected chi connectivity index (χ2v) is 8.19. The number of hydrogen-bond donors (Lipinski definition) is 2. The minimum Gasteiger partial charge on any atom is -0.348 e. The van der Waals surface area contributed by atoms with Crippen LogP contribution in [-0.2, 0) is 10.2 Å². The molecule has 0 bridgehead atoms. The van der Waals surface area contributed by atoms with Gasteiger partial charge in [-0.2, -0.15) is 0 Å². The number of carbonyl (C=O) groups excluding carboxylic acids is 2. The molecule has 5 heteroatoms. The molecular formula is C20H24N2O2S. The number of nitrogens with one attached hydrogen (secondary N) is 2. The Morgan fingerprint density at radius 2 is 1.96 bits per heavy atom. The Morgan fingerprint density at radius 3 is 2.68 bits per heavy atom. The SMILES string of the molecule is CC(NC(=O)c1cccs1)C(=O)NC1CCC(C)(C)c2ccccc21. The standard InChI is InChI=1S/C20H24N2O2S/c1-13(21-19(24)17-9-6-12-25-17)18(23)22-16-10-11-20(2,3)15-8-5-4-7-14(15)16/h4-9,12-13,16H,10-11H2,1-3H3,(H,21,24)(H,22,23). The molecule has 0 fully saturated rings. The van der Waals surface area contributed by atoms with Crippen LogP contribution in [0.4, 0.5) is 0 Å². The lowest BCUT2D eigenvalue weighted by molar-refractivity contribution is -0.123. The highest BCUT2D eigenvalue weighted by Gasteiger charge is 2.33. The van der Waals surface area contributed by atoms with Crippen LogP contribution >= 0.6 is 11.3 Å². The van der Waals surface area contributed by atoms with Crippen LogP contribution in [0.25, 0.3) is 0 Å². The lowest BCUT2D eigenvalue weighted by atomic mass is 9.71. The molecule has 2 amide bonds. The van der Waals surface area contributed by atoms with Crippen molar-refractivity contribution in [2.24, 2.45) is 0 Å². The summed E-state index contributed by atoms with van der Waals surface area (Å²) >= 11 is 1.37. The second-order valence-electron chi connectivity index (χ2n) is 7.24. The molecule has 0 spiro atoms. The summed E-state index contributed by atoms with van der Waals surface area (Å²) in [6, 6.07) is 11.3. The van der Waals surface area contributed by atoms with Crippen molar-refractivity contribution in [2.45, 2.75) is 51.1 Å². The van der Waals surface area contributed by atoms with Crippen LogP contribution in [0.2, 0.25) is 0 Å². The fourth-order valence-electron chi connectivity index (χ4n) is 3.40. The molecule has 2 N–H and O–H groups in total. The van der Waals surface area contributed by atoms with E-state index in [9.17, 15) is 9.59 Å². The molecule has 0 radical (unpaired) electrons. The van der Waals surface area contributed by atoms with Crippen LogP contribution in [0.3, 0.4) is 0 Å². The predicted molar refractivity (Wildman–Crippen MR) is 101 cm³/mol. The number of thiophene rings is 1. The zero-order chi connectivity index (χ0) is 18.0. The van der Waals surface area contributed by atoms with Crippen molar-refractivity contribution in [1.82, 2.24) is 10.6 Å². The Morgan fingerprint density at radius 1 is 1.20 bits per heavy atom. The molecule has 2 aromatic rings. The average Bonchev–Trinajstić information content (AvgIpc) is 3.12. The molecule has 1 aliphatic carbocycles. The highest BCUT2D eigenvalue weighted by molar-refractivity contribution is 7.12. The van der Waals surface area contributed by atoms with Crippen LogP contribution in [0, 0.1) is 0 Å². The first-order valence-electron chi connectivity index (χ1n) is 8.62. The summed E-state index contributed by atoms with van der Waals surface area (Å²) in [5.41, 5.74) is 2.60. The third-order valence-electron chi connectivity index (χ3n) is 4.93. The van der Waals surface area contributed by atoms with Crippen molar-refractivity contribution in [3.8, 4) is 0 Å². The van der Waals surface area contributed by atoms with Gasteiger partial charge in [-0.15, -0.1) is 11.3 Å². The molecular weight excluding hydrogens is 332 g/mol. The van der Waals surface area contributed by atoms with Gasteiger partial charge in [-0.05, 0) is 47.8 Å². The van der Waals surface area contributed by atoms with E-state index in [-0.39, 0.29) is 23.3 Å². The minimum absolute atomic E-state index is 0.00202. The van der Waals surface area contributed by atoms with Gasteiger partial charge in [-0.25, -0.2) is 0 Å². The molecule has 2 atom stereocenters. The highest BCUT2D eigenvalue weighted by atomic mass is 32.1. The maximum Gasteiger partial charge on any atom is 0.261 e. The predicted octanol–water partition coefficient (Wildman–Crippen LogP) is 3.80. The first-order chi connectivity index (χ1) is 11.9. The minimum atomic E-state index is -0.573. The van der Waals surface area contributed by atoms with E-state index >= 15 is 0 Å². The van der Waals surface area contributed by atoms with Gasteiger partial charge in [0.05, 0.1) is 10.9 Å². The van der Waals surface area contributed by atoms with E-state index in [0.29, 0.717) is 4.88 Å². The van der Waals surface area contributed by atoms with Crippen LogP contribution in [0.1, 0.15) is 60.5 Å². The Balaban J connectivity index is 1.68. The quantitative estimate of drug-likeness (QED) is 0.875. The Bertz CT molecular complexity index is 768. The summed E-state index contributed by atoms with van der Waals surface area (Å²) < 4.78 is 0. The van der Waals surface area contributed by atoms with E-state index in [1.165, 1.54) is 22.5 Å². The third-order valence-corrected chi connectivity index (χ3v) is 5.79. The van der Waals surface area contributed by atoms with Gasteiger partial charge in [0, 0.05) is 0 Å². The Labute approximate surface area is 152 Å². The normalized spacial score (nSPS) is 19.6. The molecule has 1 aliphatic rings. The van der Waals surface area contributed by atoms with Gasteiger partial charge >= 0.3 is 0 Å². The second kappa shape index (κ2) is 7.00. The van der Waals surface area contributed by atoms with Crippen LogP contribution in [0.15, 0.2) is 41.8 Å². The highest BCUT2D eigenvalue weighted by Crippen LogP contribution is 2.41. The molecule has 1 heterocycles. The van der Waals surface area contributed by atoms with Gasteiger partial charge in [-0.3, -0.25) is 9.59 Å². The van der Waals surface area contributed by atoms with E-state index in [2.05, 4.69) is 42.7 Å². The van der Waals surface area contributed by atoms with Gasteiger partial charge in [-0.1, -0.05) is 44.2 Å². The van der Waals surface area contributed by atoms with Crippen molar-refractivity contribution in [3.05, 3.63) is 57.8 Å². The van der Waals surface area contributed by atoms with Crippen LogP contribution in [-0.4, -0.2) is 17.9 Å². The number of carbonyl (C=O) groups is 2. The van der Waals surface area contributed by atoms with Crippen molar-refractivity contribution < 1.29 is 9.59 Å². The summed E-state index contributed by atoms with van der Waals surface area (Å²) in [4.78, 5) is 25.3. The molecule has 3 rings (SSSR count). The lowest BCUT2D eigenvalue weighted by Gasteiger charge is -2.37. The maximum atomic E-state index is 12.6. The molecule has 2 unspecified atom stereocenters. The van der Waals surface area contributed by atoms with E-state index in [1.54, 1.807) is 13.0 Å². The molecule has 0 saturated carbocycles. The smallest absolute Gasteiger partial charge is 0.261 e. The molecule has 1 aromatic carbocycles. The van der Waals surface area contributed by atoms with Gasteiger partial charge in [0.1, 0.15) is 6.04 Å². The molecule has 1 aromatic heterocycles. The van der Waals surface area contributed by atoms with E-state index in [0.717, 1.165) is 12.8 Å². The summed E-state index contributed by atoms with van der Waals surface area (Å²) in [5, 5.41) is 7.73. The van der Waals surface area contributed by atoms with E-state index in [4.69, 9.17) is 0 Å². The third kappa shape index (κ3) is 3.76. The molecule has 132 valence electrons. The molecule has 25 heavy (non-hydrogen) atoms. The van der Waals surface area contributed by atoms with Gasteiger partial charge in [0.2, 0.25) is 5.91 Å². The Kier molecular flexibility index (Phi) is 4.95. The van der Waals surface area contributed by atoms with Gasteiger partial charge < -0.3 is 10.6 Å². The zero-order valence-corrected chi connectivity index (χ0v) is 15.7. The first-order valence-corrected chi connectivity index (χ1v) is 9.50. The summed E-state index contributed by atoms with van der Waals surface area (Å²) in [6.07, 6.45) is 1.92. The summed E-state index contributed by atoms with van der Waals surface area (Å²) in [5.74, 6) is -0.354. The lowest BCUT2D eigenvalue weighted by Crippen LogP contribution is -2.46. The van der Waals surface area contributed by atoms with Crippen molar-refractivity contribution >= 4 is 23.2 Å². The molecule has 4 nitrogen and oxygen atoms in total. The fraction of sp³-hybridized carbons (Fsp3) is 0.400. The monoisotopic (exact) mass is 356 g/mol. The van der Waals surface area contributed by atoms with Gasteiger partial charge in [0.15, 0.2) is 0 Å². The van der Waals surface area contributed by atoms with Crippen molar-refractivity contribution in [2.75, 3.05) is 0 Å². The first kappa shape index (κ1) is 17.7. The number of amides is 2. The average molecular weight is 356 g/mol. The topological polar surface area (TPSA) is 58.2 Å². The summed E-state index contributed by atoms with van der Waals surface area (Å²) in [7, 11) is 0.